The number of carbonyl (C=O) groups is 1. The molecule has 2 atom stereocenters. The Morgan fingerprint density at radius 3 is 2.10 bits per heavy atom. The van der Waals surface area contributed by atoms with E-state index < -0.39 is 0 Å². The van der Waals surface area contributed by atoms with Crippen LogP contribution in [0.25, 0.3) is 0 Å². The van der Waals surface area contributed by atoms with Crippen molar-refractivity contribution in [3.63, 3.8) is 0 Å². The van der Waals surface area contributed by atoms with Gasteiger partial charge in [0.1, 0.15) is 6.29 Å². The van der Waals surface area contributed by atoms with Crippen LogP contribution >= 0.6 is 0 Å². The minimum atomic E-state index is 0.410. The first-order valence-electron chi connectivity index (χ1n) is 4.35. The predicted octanol–water partition coefficient (Wildman–Crippen LogP) is 2.01. The minimum Gasteiger partial charge on any atom is -0.303 e. The van der Waals surface area contributed by atoms with Crippen LogP contribution in [0.4, 0.5) is 0 Å². The van der Waals surface area contributed by atoms with Crippen LogP contribution in [0, 0.1) is 17.8 Å². The molecule has 0 amide bonds. The molecule has 2 unspecified atom stereocenters. The highest BCUT2D eigenvalue weighted by Crippen LogP contribution is 2.48. The Balaban J connectivity index is 1.89. The minimum absolute atomic E-state index is 0.410. The first kappa shape index (κ1) is 6.38. The van der Waals surface area contributed by atoms with E-state index in [0.717, 1.165) is 18.1 Å². The van der Waals surface area contributed by atoms with Gasteiger partial charge in [-0.3, -0.25) is 0 Å². The molecule has 0 spiro atoms. The van der Waals surface area contributed by atoms with E-state index in [2.05, 4.69) is 0 Å². The van der Waals surface area contributed by atoms with Crippen LogP contribution < -0.4 is 0 Å². The molecule has 0 aromatic carbocycles. The zero-order valence-electron chi connectivity index (χ0n) is 6.25. The number of rotatable bonds is 1. The lowest BCUT2D eigenvalue weighted by Crippen LogP contribution is -1.99. The third-order valence-electron chi connectivity index (χ3n) is 3.08. The summed E-state index contributed by atoms with van der Waals surface area (Å²) in [6.07, 6.45) is 7.62. The van der Waals surface area contributed by atoms with Crippen LogP contribution in [0.2, 0.25) is 0 Å². The molecule has 0 aromatic rings. The lowest BCUT2D eigenvalue weighted by atomic mass is 10.0. The molecule has 1 heteroatoms. The Kier molecular flexibility index (Phi) is 1.51. The van der Waals surface area contributed by atoms with Crippen LogP contribution in [0.15, 0.2) is 0 Å². The van der Waals surface area contributed by atoms with E-state index in [1.165, 1.54) is 32.1 Å². The van der Waals surface area contributed by atoms with Crippen molar-refractivity contribution < 1.29 is 4.79 Å². The number of hydrogen-bond acceptors (Lipinski definition) is 1. The van der Waals surface area contributed by atoms with Crippen LogP contribution in [0.3, 0.4) is 0 Å². The highest BCUT2D eigenvalue weighted by Gasteiger charge is 2.38. The normalized spacial score (nSPS) is 45.4. The maximum absolute atomic E-state index is 10.4. The van der Waals surface area contributed by atoms with Gasteiger partial charge in [0, 0.05) is 5.92 Å². The Morgan fingerprint density at radius 2 is 1.60 bits per heavy atom. The summed E-state index contributed by atoms with van der Waals surface area (Å²) < 4.78 is 0. The standard InChI is InChI=1S/C9H14O/c10-6-7-1-3-8-5-9(8)4-2-7/h6-9H,1-5H2. The summed E-state index contributed by atoms with van der Waals surface area (Å²) in [5, 5.41) is 0. The molecule has 0 radical (unpaired) electrons. The van der Waals surface area contributed by atoms with Crippen molar-refractivity contribution in [2.75, 3.05) is 0 Å². The summed E-state index contributed by atoms with van der Waals surface area (Å²) in [5.41, 5.74) is 0. The molecule has 0 aromatic heterocycles. The van der Waals surface area contributed by atoms with E-state index in [-0.39, 0.29) is 0 Å². The largest absolute Gasteiger partial charge is 0.303 e. The molecule has 2 saturated carbocycles. The van der Waals surface area contributed by atoms with Crippen LogP contribution in [0.5, 0.6) is 0 Å². The second-order valence-corrected chi connectivity index (χ2v) is 3.81. The zero-order chi connectivity index (χ0) is 6.97. The van der Waals surface area contributed by atoms with E-state index >= 15 is 0 Å². The molecule has 2 aliphatic carbocycles. The Labute approximate surface area is 61.8 Å². The maximum atomic E-state index is 10.4. The van der Waals surface area contributed by atoms with Crippen molar-refractivity contribution in [2.45, 2.75) is 32.1 Å². The van der Waals surface area contributed by atoms with Crippen molar-refractivity contribution in [1.82, 2.24) is 0 Å². The van der Waals surface area contributed by atoms with Gasteiger partial charge in [0.15, 0.2) is 0 Å². The molecule has 2 fully saturated rings. The Hall–Kier alpha value is -0.330. The number of hydrogen-bond donors (Lipinski definition) is 0. The molecule has 1 nitrogen and oxygen atoms in total. The van der Waals surface area contributed by atoms with Gasteiger partial charge in [0.05, 0.1) is 0 Å². The molecule has 0 N–H and O–H groups in total. The summed E-state index contributed by atoms with van der Waals surface area (Å²) in [6, 6.07) is 0. The van der Waals surface area contributed by atoms with Crippen molar-refractivity contribution in [1.29, 1.82) is 0 Å². The summed E-state index contributed by atoms with van der Waals surface area (Å²) >= 11 is 0. The van der Waals surface area contributed by atoms with Crippen molar-refractivity contribution in [3.05, 3.63) is 0 Å². The third kappa shape index (κ3) is 1.09. The van der Waals surface area contributed by atoms with Gasteiger partial charge in [0.2, 0.25) is 0 Å². The van der Waals surface area contributed by atoms with Gasteiger partial charge in [-0.25, -0.2) is 0 Å². The predicted molar refractivity (Wildman–Crippen MR) is 39.6 cm³/mol. The molecule has 10 heavy (non-hydrogen) atoms. The monoisotopic (exact) mass is 138 g/mol. The fourth-order valence-electron chi connectivity index (χ4n) is 2.15. The highest BCUT2D eigenvalue weighted by molar-refractivity contribution is 5.53. The fraction of sp³-hybridized carbons (Fsp3) is 0.889. The van der Waals surface area contributed by atoms with Crippen molar-refractivity contribution >= 4 is 6.29 Å². The SMILES string of the molecule is O=CC1CCC2CC2CC1. The number of aldehydes is 1. The topological polar surface area (TPSA) is 17.1 Å². The van der Waals surface area contributed by atoms with Crippen LogP contribution in [0.1, 0.15) is 32.1 Å². The highest BCUT2D eigenvalue weighted by atomic mass is 16.1. The smallest absolute Gasteiger partial charge is 0.123 e. The quantitative estimate of drug-likeness (QED) is 0.506. The second kappa shape index (κ2) is 2.37. The Bertz CT molecular complexity index is 130. The summed E-state index contributed by atoms with van der Waals surface area (Å²) in [4.78, 5) is 10.4. The molecule has 56 valence electrons. The third-order valence-corrected chi connectivity index (χ3v) is 3.08. The van der Waals surface area contributed by atoms with Gasteiger partial charge < -0.3 is 4.79 Å². The summed E-state index contributed by atoms with van der Waals surface area (Å²) in [5.74, 6) is 2.45. The number of fused-ring (bicyclic) bond motifs is 1. The van der Waals surface area contributed by atoms with E-state index in [1.807, 2.05) is 0 Å². The maximum Gasteiger partial charge on any atom is 0.123 e. The first-order chi connectivity index (χ1) is 4.90. The van der Waals surface area contributed by atoms with Gasteiger partial charge in [-0.2, -0.15) is 0 Å². The lowest BCUT2D eigenvalue weighted by molar-refractivity contribution is -0.111. The van der Waals surface area contributed by atoms with Crippen LogP contribution in [-0.4, -0.2) is 6.29 Å². The summed E-state index contributed by atoms with van der Waals surface area (Å²) in [7, 11) is 0. The van der Waals surface area contributed by atoms with E-state index in [1.54, 1.807) is 0 Å². The first-order valence-corrected chi connectivity index (χ1v) is 4.35. The van der Waals surface area contributed by atoms with Crippen molar-refractivity contribution in [3.8, 4) is 0 Å². The van der Waals surface area contributed by atoms with Gasteiger partial charge in [-0.1, -0.05) is 0 Å². The molecule has 0 saturated heterocycles. The Morgan fingerprint density at radius 1 is 1.00 bits per heavy atom. The van der Waals surface area contributed by atoms with Crippen molar-refractivity contribution in [2.24, 2.45) is 17.8 Å². The molecule has 2 aliphatic rings. The summed E-state index contributed by atoms with van der Waals surface area (Å²) in [6.45, 7) is 0. The van der Waals surface area contributed by atoms with E-state index in [0.29, 0.717) is 5.92 Å². The zero-order valence-corrected chi connectivity index (χ0v) is 6.25. The van der Waals surface area contributed by atoms with Gasteiger partial charge in [-0.15, -0.1) is 0 Å². The van der Waals surface area contributed by atoms with Gasteiger partial charge in [-0.05, 0) is 43.9 Å². The molecule has 0 aliphatic heterocycles. The number of carbonyl (C=O) groups excluding carboxylic acids is 1. The molecule has 0 heterocycles. The fourth-order valence-corrected chi connectivity index (χ4v) is 2.15. The molecular weight excluding hydrogens is 124 g/mol. The van der Waals surface area contributed by atoms with E-state index in [9.17, 15) is 4.79 Å². The van der Waals surface area contributed by atoms with Gasteiger partial charge >= 0.3 is 0 Å². The van der Waals surface area contributed by atoms with E-state index in [4.69, 9.17) is 0 Å². The van der Waals surface area contributed by atoms with Crippen LogP contribution in [-0.2, 0) is 4.79 Å². The molecule has 0 bridgehead atoms. The average molecular weight is 138 g/mol. The molecular formula is C9H14O. The average Bonchev–Trinajstić information content (AvgIpc) is 2.63. The lowest BCUT2D eigenvalue weighted by Gasteiger charge is -2.04. The second-order valence-electron chi connectivity index (χ2n) is 3.81. The molecule has 2 rings (SSSR count). The van der Waals surface area contributed by atoms with Gasteiger partial charge in [0.25, 0.3) is 0 Å².